The Balaban J connectivity index is 0. The second-order valence-electron chi connectivity index (χ2n) is 2.25. The minimum atomic E-state index is -1.82. The van der Waals surface area contributed by atoms with Crippen LogP contribution >= 0.6 is 0 Å². The Morgan fingerprint density at radius 3 is 1.47 bits per heavy atom. The quantitative estimate of drug-likeness (QED) is 0.419. The minimum Gasteiger partial charge on any atom is -0.481 e. The summed E-state index contributed by atoms with van der Waals surface area (Å²) in [6.07, 6.45) is -0.0676. The topological polar surface area (TPSA) is 155 Å². The van der Waals surface area contributed by atoms with Gasteiger partial charge in [0, 0.05) is 6.42 Å². The minimum absolute atomic E-state index is 0.0475. The van der Waals surface area contributed by atoms with Crippen molar-refractivity contribution >= 4 is 23.7 Å². The van der Waals surface area contributed by atoms with Crippen LogP contribution in [0, 0.1) is 0 Å². The fourth-order valence-electron chi connectivity index (χ4n) is 0.348. The van der Waals surface area contributed by atoms with E-state index in [1.807, 2.05) is 0 Å². The summed E-state index contributed by atoms with van der Waals surface area (Å²) in [5.74, 6) is -4.82. The third-order valence-corrected chi connectivity index (χ3v) is 1.03. The molecule has 8 nitrogen and oxygen atoms in total. The molecule has 0 unspecified atom stereocenters. The maximum atomic E-state index is 10.3. The molecule has 0 aromatic carbocycles. The molecule has 0 heterocycles. The van der Waals surface area contributed by atoms with Gasteiger partial charge in [-0.1, -0.05) is 0 Å². The van der Waals surface area contributed by atoms with E-state index in [1.165, 1.54) is 0 Å². The molecule has 0 spiro atoms. The Kier molecular flexibility index (Phi) is 8.92. The molecule has 0 fully saturated rings. The van der Waals surface area contributed by atoms with Gasteiger partial charge >= 0.3 is 17.9 Å². The molecule has 8 heteroatoms. The predicted octanol–water partition coefficient (Wildman–Crippen LogP) is -1.47. The van der Waals surface area contributed by atoms with Gasteiger partial charge in [0.25, 0.3) is 0 Å². The van der Waals surface area contributed by atoms with Crippen molar-refractivity contribution in [2.45, 2.75) is 12.8 Å². The number of Topliss-reactive ketones (excluding diaryl/α,β-unsaturated/α-hetero) is 1. The van der Waals surface area contributed by atoms with Crippen LogP contribution < -0.4 is 5.73 Å². The van der Waals surface area contributed by atoms with E-state index in [4.69, 9.17) is 30.6 Å². The summed E-state index contributed by atoms with van der Waals surface area (Å²) < 4.78 is 0. The molecular formula is C7H11NO7. The van der Waals surface area contributed by atoms with Gasteiger partial charge in [0.05, 0.1) is 13.0 Å². The van der Waals surface area contributed by atoms with Crippen LogP contribution in [0.4, 0.5) is 0 Å². The Hall–Kier alpha value is -1.96. The number of carbonyl (C=O) groups is 4. The van der Waals surface area contributed by atoms with E-state index in [0.29, 0.717) is 0 Å². The number of rotatable bonds is 4. The second kappa shape index (κ2) is 8.63. The first-order chi connectivity index (χ1) is 6.81. The summed E-state index contributed by atoms with van der Waals surface area (Å²) in [4.78, 5) is 38.4. The number of aliphatic carboxylic acids is 3. The molecular weight excluding hydrogens is 210 g/mol. The van der Waals surface area contributed by atoms with Gasteiger partial charge in [-0.2, -0.15) is 0 Å². The van der Waals surface area contributed by atoms with Crippen molar-refractivity contribution in [2.75, 3.05) is 6.54 Å². The molecule has 0 aromatic rings. The fourth-order valence-corrected chi connectivity index (χ4v) is 0.348. The highest BCUT2D eigenvalue weighted by molar-refractivity contribution is 6.27. The smallest absolute Gasteiger partial charge is 0.414 e. The van der Waals surface area contributed by atoms with E-state index in [-0.39, 0.29) is 25.2 Å². The average Bonchev–Trinajstić information content (AvgIpc) is 2.14. The second-order valence-corrected chi connectivity index (χ2v) is 2.25. The van der Waals surface area contributed by atoms with Crippen LogP contribution in [0.15, 0.2) is 0 Å². The van der Waals surface area contributed by atoms with Gasteiger partial charge in [-0.15, -0.1) is 0 Å². The zero-order valence-corrected chi connectivity index (χ0v) is 7.67. The summed E-state index contributed by atoms with van der Waals surface area (Å²) in [6.45, 7) is -0.0622. The SMILES string of the molecule is NCC(=O)CCC(=O)O.O=C(O)C(=O)O. The summed E-state index contributed by atoms with van der Waals surface area (Å²) >= 11 is 0. The number of nitrogens with two attached hydrogens (primary N) is 1. The zero-order chi connectivity index (χ0) is 12.4. The first-order valence-corrected chi connectivity index (χ1v) is 3.71. The molecule has 5 N–H and O–H groups in total. The van der Waals surface area contributed by atoms with Crippen molar-refractivity contribution < 1.29 is 34.5 Å². The maximum absolute atomic E-state index is 10.3. The van der Waals surface area contributed by atoms with Gasteiger partial charge in [0.2, 0.25) is 0 Å². The Labute approximate surface area is 84.3 Å². The monoisotopic (exact) mass is 221 g/mol. The molecule has 0 bridgehead atoms. The van der Waals surface area contributed by atoms with Crippen LogP contribution in [0.5, 0.6) is 0 Å². The van der Waals surface area contributed by atoms with Crippen LogP contribution in [0.2, 0.25) is 0 Å². The lowest BCUT2D eigenvalue weighted by Gasteiger charge is -1.90. The number of carbonyl (C=O) groups excluding carboxylic acids is 1. The number of hydrogen-bond donors (Lipinski definition) is 4. The third-order valence-electron chi connectivity index (χ3n) is 1.03. The summed E-state index contributed by atoms with van der Waals surface area (Å²) in [5, 5.41) is 22.8. The molecule has 0 rings (SSSR count). The standard InChI is InChI=1S/C5H9NO3.C2H2O4/c6-3-4(7)1-2-5(8)9;3-1(4)2(5)6/h1-3,6H2,(H,8,9);(H,3,4)(H,5,6). The summed E-state index contributed by atoms with van der Waals surface area (Å²) in [5.41, 5.74) is 4.92. The lowest BCUT2D eigenvalue weighted by Crippen LogP contribution is -2.14. The Morgan fingerprint density at radius 1 is 0.867 bits per heavy atom. The van der Waals surface area contributed by atoms with Crippen molar-refractivity contribution in [1.29, 1.82) is 0 Å². The van der Waals surface area contributed by atoms with Crippen molar-refractivity contribution in [3.05, 3.63) is 0 Å². The van der Waals surface area contributed by atoms with E-state index >= 15 is 0 Å². The lowest BCUT2D eigenvalue weighted by atomic mass is 10.2. The van der Waals surface area contributed by atoms with Crippen molar-refractivity contribution in [3.8, 4) is 0 Å². The first-order valence-electron chi connectivity index (χ1n) is 3.71. The van der Waals surface area contributed by atoms with Gasteiger partial charge in [0.15, 0.2) is 0 Å². The van der Waals surface area contributed by atoms with Gasteiger partial charge in [-0.05, 0) is 0 Å². The normalized spacial score (nSPS) is 8.33. The fraction of sp³-hybridized carbons (Fsp3) is 0.429. The molecule has 0 aliphatic rings. The molecule has 15 heavy (non-hydrogen) atoms. The summed E-state index contributed by atoms with van der Waals surface area (Å²) in [6, 6.07) is 0. The van der Waals surface area contributed by atoms with Gasteiger partial charge in [-0.25, -0.2) is 9.59 Å². The van der Waals surface area contributed by atoms with Crippen molar-refractivity contribution in [1.82, 2.24) is 0 Å². The maximum Gasteiger partial charge on any atom is 0.414 e. The Bertz CT molecular complexity index is 248. The summed E-state index contributed by atoms with van der Waals surface area (Å²) in [7, 11) is 0. The average molecular weight is 221 g/mol. The van der Waals surface area contributed by atoms with E-state index in [9.17, 15) is 9.59 Å². The highest BCUT2D eigenvalue weighted by Gasteiger charge is 2.04. The molecule has 0 aliphatic heterocycles. The van der Waals surface area contributed by atoms with Crippen LogP contribution in [0.1, 0.15) is 12.8 Å². The van der Waals surface area contributed by atoms with Crippen molar-refractivity contribution in [2.24, 2.45) is 5.73 Å². The number of ketones is 1. The molecule has 86 valence electrons. The number of carboxylic acids is 3. The lowest BCUT2D eigenvalue weighted by molar-refractivity contribution is -0.159. The van der Waals surface area contributed by atoms with E-state index in [0.717, 1.165) is 0 Å². The molecule has 0 saturated heterocycles. The molecule has 0 aromatic heterocycles. The molecule has 0 saturated carbocycles. The van der Waals surface area contributed by atoms with Crippen molar-refractivity contribution in [3.63, 3.8) is 0 Å². The van der Waals surface area contributed by atoms with Crippen LogP contribution in [0.25, 0.3) is 0 Å². The molecule has 0 aliphatic carbocycles. The highest BCUT2D eigenvalue weighted by Crippen LogP contribution is 1.87. The van der Waals surface area contributed by atoms with Crippen LogP contribution in [-0.2, 0) is 19.2 Å². The van der Waals surface area contributed by atoms with E-state index in [1.54, 1.807) is 0 Å². The third kappa shape index (κ3) is 14.9. The number of carboxylic acid groups (broad SMARTS) is 3. The largest absolute Gasteiger partial charge is 0.481 e. The van der Waals surface area contributed by atoms with Crippen LogP contribution in [-0.4, -0.2) is 45.6 Å². The van der Waals surface area contributed by atoms with E-state index in [2.05, 4.69) is 0 Å². The van der Waals surface area contributed by atoms with Gasteiger partial charge in [0.1, 0.15) is 5.78 Å². The molecule has 0 radical (unpaired) electrons. The molecule has 0 atom stereocenters. The van der Waals surface area contributed by atoms with Crippen LogP contribution in [0.3, 0.4) is 0 Å². The number of hydrogen-bond acceptors (Lipinski definition) is 5. The zero-order valence-electron chi connectivity index (χ0n) is 7.67. The Morgan fingerprint density at radius 2 is 1.27 bits per heavy atom. The molecule has 0 amide bonds. The predicted molar refractivity (Wildman–Crippen MR) is 46.2 cm³/mol. The van der Waals surface area contributed by atoms with E-state index < -0.39 is 17.9 Å². The first kappa shape index (κ1) is 15.5. The van der Waals surface area contributed by atoms with Gasteiger partial charge < -0.3 is 21.1 Å². The highest BCUT2D eigenvalue weighted by atomic mass is 16.4. The van der Waals surface area contributed by atoms with Gasteiger partial charge in [-0.3, -0.25) is 9.59 Å².